The molecular weight excluding hydrogens is 293 g/mol. The molecule has 0 saturated heterocycles. The summed E-state index contributed by atoms with van der Waals surface area (Å²) in [6, 6.07) is 12.7. The second-order valence-electron chi connectivity index (χ2n) is 5.59. The Bertz CT molecular complexity index is 613. The summed E-state index contributed by atoms with van der Waals surface area (Å²) in [5, 5.41) is 3.45. The molecule has 0 amide bonds. The predicted octanol–water partition coefficient (Wildman–Crippen LogP) is 4.30. The zero-order chi connectivity index (χ0) is 16.7. The van der Waals surface area contributed by atoms with E-state index in [1.54, 1.807) is 19.2 Å². The molecule has 0 aliphatic rings. The van der Waals surface area contributed by atoms with Crippen molar-refractivity contribution in [1.29, 1.82) is 0 Å². The van der Waals surface area contributed by atoms with Gasteiger partial charge in [-0.25, -0.2) is 4.39 Å². The molecule has 2 aromatic carbocycles. The van der Waals surface area contributed by atoms with Gasteiger partial charge < -0.3 is 14.8 Å². The first-order chi connectivity index (χ1) is 11.1. The Hall–Kier alpha value is -2.07. The van der Waals surface area contributed by atoms with Crippen molar-refractivity contribution in [2.75, 3.05) is 7.11 Å². The molecule has 3 nitrogen and oxygen atoms in total. The van der Waals surface area contributed by atoms with Gasteiger partial charge in [-0.2, -0.15) is 0 Å². The molecule has 0 aliphatic heterocycles. The maximum Gasteiger partial charge on any atom is 0.161 e. The van der Waals surface area contributed by atoms with E-state index in [-0.39, 0.29) is 5.82 Å². The van der Waals surface area contributed by atoms with E-state index < -0.39 is 0 Å². The van der Waals surface area contributed by atoms with Crippen molar-refractivity contribution < 1.29 is 13.9 Å². The molecule has 0 heterocycles. The van der Waals surface area contributed by atoms with Gasteiger partial charge in [-0.05, 0) is 48.7 Å². The second kappa shape index (κ2) is 8.53. The fraction of sp³-hybridized carbons (Fsp3) is 0.368. The molecule has 124 valence electrons. The molecule has 0 unspecified atom stereocenters. The minimum atomic E-state index is -0.246. The zero-order valence-corrected chi connectivity index (χ0v) is 13.9. The number of hydrogen-bond acceptors (Lipinski definition) is 3. The van der Waals surface area contributed by atoms with E-state index in [1.165, 1.54) is 12.1 Å². The Labute approximate surface area is 137 Å². The summed E-state index contributed by atoms with van der Waals surface area (Å²) in [5.41, 5.74) is 2.06. The highest BCUT2D eigenvalue weighted by atomic mass is 19.1. The van der Waals surface area contributed by atoms with Crippen LogP contribution >= 0.6 is 0 Å². The van der Waals surface area contributed by atoms with Crippen LogP contribution in [-0.4, -0.2) is 13.2 Å². The van der Waals surface area contributed by atoms with Crippen LogP contribution in [0.5, 0.6) is 11.5 Å². The molecule has 0 aliphatic carbocycles. The smallest absolute Gasteiger partial charge is 0.161 e. The minimum Gasteiger partial charge on any atom is -0.493 e. The van der Waals surface area contributed by atoms with Gasteiger partial charge in [-0.15, -0.1) is 0 Å². The van der Waals surface area contributed by atoms with Crippen molar-refractivity contribution in [2.24, 2.45) is 0 Å². The van der Waals surface area contributed by atoms with Gasteiger partial charge in [-0.3, -0.25) is 0 Å². The lowest BCUT2D eigenvalue weighted by atomic mass is 10.1. The Balaban J connectivity index is 1.99. The number of nitrogens with one attached hydrogen (secondary N) is 1. The van der Waals surface area contributed by atoms with E-state index >= 15 is 0 Å². The quantitative estimate of drug-likeness (QED) is 0.787. The molecule has 0 spiro atoms. The van der Waals surface area contributed by atoms with Crippen LogP contribution in [0.4, 0.5) is 4.39 Å². The van der Waals surface area contributed by atoms with Crippen LogP contribution in [0.15, 0.2) is 42.5 Å². The van der Waals surface area contributed by atoms with E-state index in [4.69, 9.17) is 9.47 Å². The van der Waals surface area contributed by atoms with E-state index in [0.29, 0.717) is 24.1 Å². The summed E-state index contributed by atoms with van der Waals surface area (Å²) in [5.74, 6) is 1.14. The number of benzene rings is 2. The molecule has 0 fully saturated rings. The van der Waals surface area contributed by atoms with Crippen LogP contribution < -0.4 is 14.8 Å². The highest BCUT2D eigenvalue weighted by Crippen LogP contribution is 2.29. The monoisotopic (exact) mass is 317 g/mol. The first kappa shape index (κ1) is 17.3. The molecule has 1 N–H and O–H groups in total. The number of methoxy groups -OCH3 is 1. The van der Waals surface area contributed by atoms with Crippen LogP contribution in [0.1, 0.15) is 31.4 Å². The number of hydrogen-bond donors (Lipinski definition) is 1. The second-order valence-corrected chi connectivity index (χ2v) is 5.59. The van der Waals surface area contributed by atoms with Crippen molar-refractivity contribution in [3.05, 3.63) is 59.4 Å². The standard InChI is InChI=1S/C19H24FNO2/c1-4-14(2)21-12-16-7-10-18(19(11-16)22-3)23-13-15-5-8-17(20)9-6-15/h5-11,14,21H,4,12-13H2,1-3H3/t14-/m1/s1. The summed E-state index contributed by atoms with van der Waals surface area (Å²) < 4.78 is 24.1. The van der Waals surface area contributed by atoms with Crippen LogP contribution in [0.3, 0.4) is 0 Å². The first-order valence-electron chi connectivity index (χ1n) is 7.90. The van der Waals surface area contributed by atoms with Gasteiger partial charge in [0.15, 0.2) is 11.5 Å². The van der Waals surface area contributed by atoms with Crippen molar-refractivity contribution in [3.63, 3.8) is 0 Å². The van der Waals surface area contributed by atoms with E-state index in [0.717, 1.165) is 24.1 Å². The Morgan fingerprint density at radius 1 is 1.04 bits per heavy atom. The molecule has 1 atom stereocenters. The number of halogens is 1. The molecule has 4 heteroatoms. The lowest BCUT2D eigenvalue weighted by Gasteiger charge is -2.14. The largest absolute Gasteiger partial charge is 0.493 e. The highest BCUT2D eigenvalue weighted by Gasteiger charge is 2.07. The Kier molecular flexibility index (Phi) is 6.41. The SMILES string of the molecule is CC[C@@H](C)NCc1ccc(OCc2ccc(F)cc2)c(OC)c1. The fourth-order valence-corrected chi connectivity index (χ4v) is 2.12. The van der Waals surface area contributed by atoms with E-state index in [9.17, 15) is 4.39 Å². The maximum atomic E-state index is 12.9. The predicted molar refractivity (Wildman–Crippen MR) is 90.3 cm³/mol. The van der Waals surface area contributed by atoms with Gasteiger partial charge in [0.1, 0.15) is 12.4 Å². The van der Waals surface area contributed by atoms with Gasteiger partial charge >= 0.3 is 0 Å². The molecule has 2 aromatic rings. The Morgan fingerprint density at radius 3 is 2.39 bits per heavy atom. The summed E-state index contributed by atoms with van der Waals surface area (Å²) in [6.45, 7) is 5.49. The third kappa shape index (κ3) is 5.25. The van der Waals surface area contributed by atoms with Gasteiger partial charge in [-0.1, -0.05) is 25.1 Å². The van der Waals surface area contributed by atoms with Crippen molar-refractivity contribution >= 4 is 0 Å². The van der Waals surface area contributed by atoms with Gasteiger partial charge in [0.25, 0.3) is 0 Å². The molecular formula is C19H24FNO2. The van der Waals surface area contributed by atoms with Crippen molar-refractivity contribution in [2.45, 2.75) is 39.5 Å². The topological polar surface area (TPSA) is 30.5 Å². The number of rotatable bonds is 8. The van der Waals surface area contributed by atoms with Gasteiger partial charge in [0.2, 0.25) is 0 Å². The normalized spacial score (nSPS) is 12.0. The van der Waals surface area contributed by atoms with Crippen LogP contribution in [0, 0.1) is 5.82 Å². The molecule has 0 aromatic heterocycles. The Morgan fingerprint density at radius 2 is 1.74 bits per heavy atom. The van der Waals surface area contributed by atoms with Gasteiger partial charge in [0.05, 0.1) is 7.11 Å². The molecule has 23 heavy (non-hydrogen) atoms. The molecule has 0 bridgehead atoms. The third-order valence-electron chi connectivity index (χ3n) is 3.80. The first-order valence-corrected chi connectivity index (χ1v) is 7.90. The van der Waals surface area contributed by atoms with E-state index in [2.05, 4.69) is 19.2 Å². The molecule has 2 rings (SSSR count). The number of ether oxygens (including phenoxy) is 2. The lowest BCUT2D eigenvalue weighted by molar-refractivity contribution is 0.284. The summed E-state index contributed by atoms with van der Waals surface area (Å²) in [6.07, 6.45) is 1.09. The average Bonchev–Trinajstić information content (AvgIpc) is 2.59. The molecule has 0 saturated carbocycles. The van der Waals surface area contributed by atoms with Crippen LogP contribution in [-0.2, 0) is 13.2 Å². The van der Waals surface area contributed by atoms with Gasteiger partial charge in [0, 0.05) is 12.6 Å². The molecule has 0 radical (unpaired) electrons. The fourth-order valence-electron chi connectivity index (χ4n) is 2.12. The third-order valence-corrected chi connectivity index (χ3v) is 3.80. The zero-order valence-electron chi connectivity index (χ0n) is 13.9. The average molecular weight is 317 g/mol. The summed E-state index contributed by atoms with van der Waals surface area (Å²) in [4.78, 5) is 0. The van der Waals surface area contributed by atoms with Crippen molar-refractivity contribution in [1.82, 2.24) is 5.32 Å². The lowest BCUT2D eigenvalue weighted by Crippen LogP contribution is -2.24. The van der Waals surface area contributed by atoms with E-state index in [1.807, 2.05) is 18.2 Å². The summed E-state index contributed by atoms with van der Waals surface area (Å²) in [7, 11) is 1.63. The summed E-state index contributed by atoms with van der Waals surface area (Å²) >= 11 is 0. The van der Waals surface area contributed by atoms with Crippen LogP contribution in [0.2, 0.25) is 0 Å². The van der Waals surface area contributed by atoms with Crippen molar-refractivity contribution in [3.8, 4) is 11.5 Å². The minimum absolute atomic E-state index is 0.246. The highest BCUT2D eigenvalue weighted by molar-refractivity contribution is 5.43. The van der Waals surface area contributed by atoms with Crippen LogP contribution in [0.25, 0.3) is 0 Å². The maximum absolute atomic E-state index is 12.9.